The number of hydrogen-bond donors (Lipinski definition) is 3. The Labute approximate surface area is 184 Å². The molecule has 0 aliphatic carbocycles. The van der Waals surface area contributed by atoms with Crippen LogP contribution in [0.5, 0.6) is 0 Å². The van der Waals surface area contributed by atoms with Gasteiger partial charge >= 0.3 is 0 Å². The van der Waals surface area contributed by atoms with Crippen LogP contribution >= 0.6 is 12.2 Å². The van der Waals surface area contributed by atoms with E-state index in [2.05, 4.69) is 36.0 Å². The third-order valence-electron chi connectivity index (χ3n) is 5.48. The third-order valence-corrected chi connectivity index (χ3v) is 5.72. The number of unbranched alkanes of at least 4 members (excludes halogenated alkanes) is 1. The van der Waals surface area contributed by atoms with Gasteiger partial charge in [0.25, 0.3) is 0 Å². The van der Waals surface area contributed by atoms with E-state index in [1.54, 1.807) is 0 Å². The zero-order chi connectivity index (χ0) is 21.5. The Hall–Kier alpha value is -2.51. The van der Waals surface area contributed by atoms with Gasteiger partial charge in [-0.2, -0.15) is 0 Å². The van der Waals surface area contributed by atoms with E-state index in [-0.39, 0.29) is 0 Å². The molecule has 0 fully saturated rings. The fraction of sp³-hybridized carbons (Fsp3) is 0.435. The fourth-order valence-corrected chi connectivity index (χ4v) is 3.88. The number of hydrogen-bond acceptors (Lipinski definition) is 4. The molecule has 0 saturated carbocycles. The van der Waals surface area contributed by atoms with Crippen LogP contribution in [0.1, 0.15) is 49.1 Å². The number of nitrogens with zero attached hydrogens (tertiary/aromatic N) is 3. The van der Waals surface area contributed by atoms with Gasteiger partial charge in [-0.25, -0.2) is 4.98 Å². The Morgan fingerprint density at radius 3 is 2.70 bits per heavy atom. The fourth-order valence-electron chi connectivity index (χ4n) is 3.66. The average Bonchev–Trinajstić information content (AvgIpc) is 3.15. The second-order valence-corrected chi connectivity index (χ2v) is 8.18. The maximum Gasteiger partial charge on any atom is 0.170 e. The Morgan fingerprint density at radius 1 is 1.20 bits per heavy atom. The Morgan fingerprint density at radius 2 is 1.97 bits per heavy atom. The van der Waals surface area contributed by atoms with Crippen molar-refractivity contribution >= 4 is 34.1 Å². The van der Waals surface area contributed by atoms with E-state index in [0.717, 1.165) is 54.9 Å². The maximum atomic E-state index is 5.77. The molecule has 1 unspecified atom stereocenters. The van der Waals surface area contributed by atoms with E-state index in [9.17, 15) is 0 Å². The lowest BCUT2D eigenvalue weighted by molar-refractivity contribution is 0.613. The number of pyridine rings is 1. The van der Waals surface area contributed by atoms with Crippen LogP contribution in [0.2, 0.25) is 0 Å². The van der Waals surface area contributed by atoms with E-state index < -0.39 is 0 Å². The largest absolute Gasteiger partial charge is 0.362 e. The summed E-state index contributed by atoms with van der Waals surface area (Å²) in [6, 6.07) is 9.96. The smallest absolute Gasteiger partial charge is 0.170 e. The topological polar surface area (TPSA) is 80.8 Å². The molecule has 0 aliphatic rings. The molecule has 0 saturated heterocycles. The molecule has 1 aromatic carbocycles. The quantitative estimate of drug-likeness (QED) is 0.352. The Kier molecular flexibility index (Phi) is 7.76. The molecule has 2 heterocycles. The summed E-state index contributed by atoms with van der Waals surface area (Å²) in [4.78, 5) is 9.54. The molecule has 30 heavy (non-hydrogen) atoms. The minimum atomic E-state index is 0.308. The Balaban J connectivity index is 1.57. The summed E-state index contributed by atoms with van der Waals surface area (Å²) < 4.78 is 2.26. The lowest BCUT2D eigenvalue weighted by Gasteiger charge is -2.15. The molecule has 3 aromatic rings. The molecule has 0 spiro atoms. The Bertz CT molecular complexity index is 982. The molecule has 1 atom stereocenters. The molecule has 7 heteroatoms. The summed E-state index contributed by atoms with van der Waals surface area (Å²) in [6.45, 7) is 8.81. The summed E-state index contributed by atoms with van der Waals surface area (Å²) >= 11 is 5.37. The third kappa shape index (κ3) is 5.34. The molecule has 2 aromatic heterocycles. The number of fused-ring (bicyclic) bond motifs is 1. The molecule has 4 N–H and O–H groups in total. The van der Waals surface area contributed by atoms with Crippen molar-refractivity contribution in [2.24, 2.45) is 5.73 Å². The predicted molar refractivity (Wildman–Crippen MR) is 129 cm³/mol. The maximum absolute atomic E-state index is 5.77. The summed E-state index contributed by atoms with van der Waals surface area (Å²) in [5.41, 5.74) is 12.3. The van der Waals surface area contributed by atoms with Crippen molar-refractivity contribution in [2.75, 3.05) is 18.4 Å². The van der Waals surface area contributed by atoms with Crippen molar-refractivity contribution in [3.8, 4) is 0 Å². The highest BCUT2D eigenvalue weighted by Crippen LogP contribution is 2.28. The van der Waals surface area contributed by atoms with Crippen LogP contribution in [0.4, 0.5) is 5.69 Å². The van der Waals surface area contributed by atoms with Crippen molar-refractivity contribution in [1.82, 2.24) is 19.9 Å². The van der Waals surface area contributed by atoms with Crippen LogP contribution < -0.4 is 16.4 Å². The first kappa shape index (κ1) is 22.2. The number of aromatic nitrogens is 3. The van der Waals surface area contributed by atoms with E-state index in [4.69, 9.17) is 27.9 Å². The SMILES string of the molecule is Cc1nc(C(C)CCN)c2ncn(CCCCNC(=S)Nc3ccccc3)c2c1C. The van der Waals surface area contributed by atoms with Crippen LogP contribution in [0.3, 0.4) is 0 Å². The number of nitrogens with one attached hydrogen (secondary N) is 2. The van der Waals surface area contributed by atoms with Gasteiger partial charge < -0.3 is 20.9 Å². The molecule has 0 radical (unpaired) electrons. The lowest BCUT2D eigenvalue weighted by atomic mass is 10.00. The van der Waals surface area contributed by atoms with Crippen molar-refractivity contribution in [3.63, 3.8) is 0 Å². The number of thiocarbonyl (C=S) groups is 1. The first-order chi connectivity index (χ1) is 14.5. The van der Waals surface area contributed by atoms with Crippen LogP contribution in [-0.2, 0) is 6.54 Å². The van der Waals surface area contributed by atoms with Crippen LogP contribution in [0.15, 0.2) is 36.7 Å². The summed E-state index contributed by atoms with van der Waals surface area (Å²) in [7, 11) is 0. The van der Waals surface area contributed by atoms with Gasteiger partial charge in [-0.3, -0.25) is 4.98 Å². The van der Waals surface area contributed by atoms with Gasteiger partial charge in [0.2, 0.25) is 0 Å². The van der Waals surface area contributed by atoms with Gasteiger partial charge in [-0.05, 0) is 69.6 Å². The molecular formula is C23H32N6S. The van der Waals surface area contributed by atoms with Gasteiger partial charge in [0.05, 0.1) is 17.5 Å². The number of anilines is 1. The van der Waals surface area contributed by atoms with E-state index in [1.165, 1.54) is 11.1 Å². The number of benzene rings is 1. The van der Waals surface area contributed by atoms with Crippen molar-refractivity contribution in [3.05, 3.63) is 53.6 Å². The van der Waals surface area contributed by atoms with Crippen molar-refractivity contribution in [2.45, 2.75) is 52.5 Å². The second-order valence-electron chi connectivity index (χ2n) is 7.78. The highest BCUT2D eigenvalue weighted by atomic mass is 32.1. The number of aryl methyl sites for hydroxylation is 3. The van der Waals surface area contributed by atoms with Crippen LogP contribution in [-0.4, -0.2) is 32.7 Å². The molecule has 3 rings (SSSR count). The van der Waals surface area contributed by atoms with Crippen LogP contribution in [0.25, 0.3) is 11.0 Å². The van der Waals surface area contributed by atoms with Crippen molar-refractivity contribution in [1.29, 1.82) is 0 Å². The molecule has 6 nitrogen and oxygen atoms in total. The zero-order valence-corrected chi connectivity index (χ0v) is 18.9. The monoisotopic (exact) mass is 424 g/mol. The highest BCUT2D eigenvalue weighted by molar-refractivity contribution is 7.80. The van der Waals surface area contributed by atoms with Crippen molar-refractivity contribution < 1.29 is 0 Å². The average molecular weight is 425 g/mol. The minimum Gasteiger partial charge on any atom is -0.362 e. The number of nitrogens with two attached hydrogens (primary N) is 1. The van der Waals surface area contributed by atoms with E-state index in [0.29, 0.717) is 17.6 Å². The minimum absolute atomic E-state index is 0.308. The second kappa shape index (κ2) is 10.5. The lowest BCUT2D eigenvalue weighted by Crippen LogP contribution is -2.29. The molecule has 0 bridgehead atoms. The van der Waals surface area contributed by atoms with E-state index >= 15 is 0 Å². The van der Waals surface area contributed by atoms with Gasteiger partial charge in [0.1, 0.15) is 5.52 Å². The van der Waals surface area contributed by atoms with Crippen LogP contribution in [0, 0.1) is 13.8 Å². The van der Waals surface area contributed by atoms with Gasteiger partial charge in [0.15, 0.2) is 5.11 Å². The number of para-hydroxylation sites is 1. The molecule has 0 amide bonds. The normalized spacial score (nSPS) is 12.1. The number of imidazole rings is 1. The first-order valence-corrected chi connectivity index (χ1v) is 11.0. The van der Waals surface area contributed by atoms with E-state index in [1.807, 2.05) is 36.7 Å². The summed E-state index contributed by atoms with van der Waals surface area (Å²) in [5, 5.41) is 7.14. The summed E-state index contributed by atoms with van der Waals surface area (Å²) in [5.74, 6) is 0.308. The molecule has 0 aliphatic heterocycles. The standard InChI is InChI=1S/C23H32N6S/c1-16(11-12-24)20-21-22(17(2)18(3)27-20)29(15-26-21)14-8-7-13-25-23(30)28-19-9-5-4-6-10-19/h4-6,9-10,15-16H,7-8,11-14,24H2,1-3H3,(H2,25,28,30). The predicted octanol–water partition coefficient (Wildman–Crippen LogP) is 4.27. The van der Waals surface area contributed by atoms with Gasteiger partial charge in [-0.1, -0.05) is 25.1 Å². The van der Waals surface area contributed by atoms with Gasteiger partial charge in [-0.15, -0.1) is 0 Å². The zero-order valence-electron chi connectivity index (χ0n) is 18.1. The highest BCUT2D eigenvalue weighted by Gasteiger charge is 2.18. The summed E-state index contributed by atoms with van der Waals surface area (Å²) in [6.07, 6.45) is 4.93. The molecular weight excluding hydrogens is 392 g/mol. The van der Waals surface area contributed by atoms with Gasteiger partial charge in [0, 0.05) is 30.4 Å². The number of rotatable bonds is 9. The molecule has 160 valence electrons. The first-order valence-electron chi connectivity index (χ1n) is 10.6.